The molecule has 0 saturated heterocycles. The van der Waals surface area contributed by atoms with Crippen molar-refractivity contribution in [2.75, 3.05) is 6.16 Å². The fraction of sp³-hybridized carbons (Fsp3) is 1.00. The van der Waals surface area contributed by atoms with Crippen LogP contribution in [0, 0.1) is 35.5 Å². The summed E-state index contributed by atoms with van der Waals surface area (Å²) in [7, 11) is -3.91. The van der Waals surface area contributed by atoms with E-state index in [9.17, 15) is 14.4 Å². The lowest BCUT2D eigenvalue weighted by molar-refractivity contribution is -0.0600. The van der Waals surface area contributed by atoms with Crippen LogP contribution in [0.25, 0.3) is 0 Å². The quantitative estimate of drug-likeness (QED) is 0.303. The first-order valence-corrected chi connectivity index (χ1v) is 13.3. The third-order valence-electron chi connectivity index (χ3n) is 7.74. The van der Waals surface area contributed by atoms with Crippen LogP contribution in [0.3, 0.4) is 0 Å². The molecule has 4 heteroatoms. The molecule has 3 nitrogen and oxygen atoms in total. The Morgan fingerprint density at radius 2 is 1.31 bits per heavy atom. The van der Waals surface area contributed by atoms with Gasteiger partial charge in [-0.3, -0.25) is 4.57 Å². The van der Waals surface area contributed by atoms with Gasteiger partial charge in [-0.25, -0.2) is 0 Å². The third-order valence-corrected chi connectivity index (χ3v) is 8.69. The normalized spacial score (nSPS) is 34.3. The van der Waals surface area contributed by atoms with E-state index in [-0.39, 0.29) is 12.1 Å². The van der Waals surface area contributed by atoms with Crippen LogP contribution in [-0.2, 0) is 4.57 Å². The van der Waals surface area contributed by atoms with Crippen molar-refractivity contribution in [2.45, 2.75) is 96.8 Å². The topological polar surface area (TPSA) is 57.5 Å². The van der Waals surface area contributed by atoms with E-state index in [1.807, 2.05) is 0 Å². The molecule has 0 radical (unpaired) electrons. The monoisotopic (exact) mass is 384 g/mol. The first kappa shape index (κ1) is 20.9. The summed E-state index contributed by atoms with van der Waals surface area (Å²) in [4.78, 5) is 19.4. The predicted octanol–water partition coefficient (Wildman–Crippen LogP) is 6.38. The molecule has 0 heterocycles. The van der Waals surface area contributed by atoms with Gasteiger partial charge in [0.25, 0.3) is 0 Å². The van der Waals surface area contributed by atoms with E-state index in [1.54, 1.807) is 0 Å². The van der Waals surface area contributed by atoms with E-state index in [1.165, 1.54) is 83.5 Å². The van der Waals surface area contributed by atoms with Gasteiger partial charge in [-0.15, -0.1) is 0 Å². The third kappa shape index (κ3) is 5.82. The Morgan fingerprint density at radius 1 is 0.808 bits per heavy atom. The molecule has 4 aliphatic rings. The van der Waals surface area contributed by atoms with Crippen LogP contribution in [0.2, 0.25) is 0 Å². The summed E-state index contributed by atoms with van der Waals surface area (Å²) in [6, 6.07) is 0. The fourth-order valence-corrected chi connectivity index (χ4v) is 8.03. The molecule has 4 saturated carbocycles. The number of rotatable bonds is 12. The summed E-state index contributed by atoms with van der Waals surface area (Å²) in [6.45, 7) is 2.26. The van der Waals surface area contributed by atoms with Gasteiger partial charge < -0.3 is 9.79 Å². The maximum Gasteiger partial charge on any atom is 0.325 e. The molecule has 0 aromatic rings. The van der Waals surface area contributed by atoms with Crippen molar-refractivity contribution in [1.29, 1.82) is 0 Å². The molecule has 1 unspecified atom stereocenters. The Kier molecular flexibility index (Phi) is 7.68. The molecule has 1 atom stereocenters. The van der Waals surface area contributed by atoms with Crippen molar-refractivity contribution in [1.82, 2.24) is 0 Å². The van der Waals surface area contributed by atoms with Crippen LogP contribution in [0.4, 0.5) is 0 Å². The molecule has 0 amide bonds. The van der Waals surface area contributed by atoms with Gasteiger partial charge in [-0.05, 0) is 74.0 Å². The fourth-order valence-electron chi connectivity index (χ4n) is 6.99. The lowest BCUT2D eigenvalue weighted by atomic mass is 9.49. The molecular formula is C22H41O3P. The average Bonchev–Trinajstić information content (AvgIpc) is 2.54. The number of hydrogen-bond acceptors (Lipinski definition) is 1. The highest BCUT2D eigenvalue weighted by Crippen LogP contribution is 2.60. The van der Waals surface area contributed by atoms with Crippen molar-refractivity contribution >= 4 is 7.60 Å². The number of unbranched alkanes of at least 4 members (excludes halogenated alkanes) is 7. The summed E-state index contributed by atoms with van der Waals surface area (Å²) in [6.07, 6.45) is 18.5. The SMILES string of the molecule is CCCCCCCCCCC(CP(=O)(O)O)C1[C@H]2C[C@@H]3C[C@@H](C[C@H]1C3)C2. The van der Waals surface area contributed by atoms with E-state index in [2.05, 4.69) is 6.92 Å². The number of hydrogen-bond donors (Lipinski definition) is 2. The Labute approximate surface area is 160 Å². The van der Waals surface area contributed by atoms with Gasteiger partial charge in [-0.1, -0.05) is 58.3 Å². The highest BCUT2D eigenvalue weighted by Gasteiger charge is 2.50. The summed E-state index contributed by atoms with van der Waals surface area (Å²) in [5.41, 5.74) is 0. The average molecular weight is 385 g/mol. The minimum atomic E-state index is -3.91. The molecule has 152 valence electrons. The first-order chi connectivity index (χ1) is 12.5. The maximum absolute atomic E-state index is 11.8. The van der Waals surface area contributed by atoms with E-state index in [0.29, 0.717) is 5.92 Å². The lowest BCUT2D eigenvalue weighted by Crippen LogP contribution is -2.48. The van der Waals surface area contributed by atoms with Crippen LogP contribution < -0.4 is 0 Å². The van der Waals surface area contributed by atoms with Crippen molar-refractivity contribution in [3.63, 3.8) is 0 Å². The first-order valence-electron chi connectivity index (χ1n) is 11.5. The minimum absolute atomic E-state index is 0.149. The Bertz CT molecular complexity index is 444. The molecular weight excluding hydrogens is 343 g/mol. The molecule has 4 fully saturated rings. The molecule has 26 heavy (non-hydrogen) atoms. The zero-order chi connectivity index (χ0) is 18.6. The van der Waals surface area contributed by atoms with Crippen molar-refractivity contribution in [2.24, 2.45) is 35.5 Å². The van der Waals surface area contributed by atoms with Crippen LogP contribution in [0.1, 0.15) is 96.8 Å². The summed E-state index contributed by atoms with van der Waals surface area (Å²) in [5, 5.41) is 0. The zero-order valence-electron chi connectivity index (χ0n) is 16.8. The summed E-state index contributed by atoms with van der Waals surface area (Å²) in [5.74, 6) is 4.31. The van der Waals surface area contributed by atoms with Crippen molar-refractivity contribution in [3.8, 4) is 0 Å². The second-order valence-electron chi connectivity index (χ2n) is 9.88. The lowest BCUT2D eigenvalue weighted by Gasteiger charge is -2.56. The Balaban J connectivity index is 1.47. The van der Waals surface area contributed by atoms with Crippen LogP contribution in [-0.4, -0.2) is 15.9 Å². The van der Waals surface area contributed by atoms with Gasteiger partial charge in [0.1, 0.15) is 0 Å². The van der Waals surface area contributed by atoms with Gasteiger partial charge in [0.2, 0.25) is 0 Å². The predicted molar refractivity (Wildman–Crippen MR) is 108 cm³/mol. The van der Waals surface area contributed by atoms with Gasteiger partial charge in [0, 0.05) is 0 Å². The van der Waals surface area contributed by atoms with Crippen LogP contribution >= 0.6 is 7.60 Å². The maximum atomic E-state index is 11.8. The van der Waals surface area contributed by atoms with Crippen LogP contribution in [0.15, 0.2) is 0 Å². The van der Waals surface area contributed by atoms with Gasteiger partial charge >= 0.3 is 7.60 Å². The van der Waals surface area contributed by atoms with Gasteiger partial charge in [0.15, 0.2) is 0 Å². The van der Waals surface area contributed by atoms with Gasteiger partial charge in [-0.2, -0.15) is 0 Å². The molecule has 4 bridgehead atoms. The standard InChI is InChI=1S/C22H41O3P/c1-2-3-4-5-6-7-8-9-10-19(16-26(23,24)25)22-20-12-17-11-18(14-20)15-21(22)13-17/h17-22H,2-16H2,1H3,(H2,23,24,25)/t17-,18+,19?,20-,21+,22?. The van der Waals surface area contributed by atoms with Crippen LogP contribution in [0.5, 0.6) is 0 Å². The summed E-state index contributed by atoms with van der Waals surface area (Å²) >= 11 is 0. The van der Waals surface area contributed by atoms with E-state index in [0.717, 1.165) is 30.1 Å². The van der Waals surface area contributed by atoms with Crippen molar-refractivity contribution in [3.05, 3.63) is 0 Å². The molecule has 2 N–H and O–H groups in total. The second-order valence-corrected chi connectivity index (χ2v) is 11.6. The second kappa shape index (κ2) is 9.57. The molecule has 0 spiro atoms. The minimum Gasteiger partial charge on any atom is -0.324 e. The highest BCUT2D eigenvalue weighted by atomic mass is 31.2. The van der Waals surface area contributed by atoms with E-state index < -0.39 is 7.60 Å². The van der Waals surface area contributed by atoms with Gasteiger partial charge in [0.05, 0.1) is 6.16 Å². The van der Waals surface area contributed by atoms with E-state index in [4.69, 9.17) is 0 Å². The van der Waals surface area contributed by atoms with E-state index >= 15 is 0 Å². The molecule has 0 aliphatic heterocycles. The smallest absolute Gasteiger partial charge is 0.324 e. The molecule has 4 aliphatic carbocycles. The Hall–Kier alpha value is 0.150. The highest BCUT2D eigenvalue weighted by molar-refractivity contribution is 7.51. The molecule has 0 aromatic heterocycles. The summed E-state index contributed by atoms with van der Waals surface area (Å²) < 4.78 is 11.8. The van der Waals surface area contributed by atoms with Crippen molar-refractivity contribution < 1.29 is 14.4 Å². The molecule has 4 rings (SSSR count). The molecule has 0 aromatic carbocycles. The zero-order valence-corrected chi connectivity index (χ0v) is 17.7. The largest absolute Gasteiger partial charge is 0.325 e. The Morgan fingerprint density at radius 3 is 1.81 bits per heavy atom.